The molecule has 0 saturated carbocycles. The number of ether oxygens (including phenoxy) is 1. The highest BCUT2D eigenvalue weighted by Gasteiger charge is 2.31. The standard InChI is InChI=1S/C17H20N4O4S/c22-26(23,24)12-9-20-13-16(19-7-10-25-11-8-19)18-21-6-5-14-3-1-2-4-15(14)17(20)21/h1-6,13,18H,7-12H2/p+1. The number of aromatic nitrogens is 1. The molecule has 1 fully saturated rings. The van der Waals surface area contributed by atoms with Crippen molar-refractivity contribution in [3.05, 3.63) is 48.5 Å². The van der Waals surface area contributed by atoms with E-state index in [4.69, 9.17) is 4.74 Å². The molecule has 2 aliphatic rings. The average Bonchev–Trinajstić information content (AvgIpc) is 2.65. The van der Waals surface area contributed by atoms with E-state index in [1.807, 2.05) is 52.3 Å². The zero-order chi connectivity index (χ0) is 18.1. The summed E-state index contributed by atoms with van der Waals surface area (Å²) in [4.78, 5) is 4.03. The number of hydrogen-bond acceptors (Lipinski definition) is 6. The number of nitrogens with zero attached hydrogens (tertiary/aromatic N) is 3. The zero-order valence-electron chi connectivity index (χ0n) is 14.2. The first kappa shape index (κ1) is 17.1. The van der Waals surface area contributed by atoms with Crippen LogP contribution in [0.5, 0.6) is 0 Å². The number of hydrogen-bond donors (Lipinski definition) is 2. The number of pyridine rings is 1. The maximum atomic E-state index is 11.3. The van der Waals surface area contributed by atoms with Gasteiger partial charge in [0.15, 0.2) is 5.82 Å². The van der Waals surface area contributed by atoms with Crippen LogP contribution in [0.25, 0.3) is 10.8 Å². The fourth-order valence-corrected chi connectivity index (χ4v) is 3.71. The van der Waals surface area contributed by atoms with Crippen molar-refractivity contribution in [2.45, 2.75) is 0 Å². The Kier molecular flexibility index (Phi) is 4.43. The number of rotatable bonds is 4. The lowest BCUT2D eigenvalue weighted by Crippen LogP contribution is -2.56. The van der Waals surface area contributed by atoms with Crippen LogP contribution in [-0.2, 0) is 14.9 Å². The van der Waals surface area contributed by atoms with Crippen molar-refractivity contribution >= 4 is 26.7 Å². The monoisotopic (exact) mass is 377 g/mol. The van der Waals surface area contributed by atoms with E-state index in [2.05, 4.69) is 10.3 Å². The Morgan fingerprint density at radius 1 is 1.19 bits per heavy atom. The third kappa shape index (κ3) is 3.46. The van der Waals surface area contributed by atoms with E-state index in [0.29, 0.717) is 13.2 Å². The number of anilines is 1. The normalized spacial score (nSPS) is 17.7. The van der Waals surface area contributed by atoms with Crippen molar-refractivity contribution in [1.82, 2.24) is 4.90 Å². The van der Waals surface area contributed by atoms with Crippen LogP contribution in [0.2, 0.25) is 0 Å². The molecule has 0 aliphatic carbocycles. The average molecular weight is 377 g/mol. The summed E-state index contributed by atoms with van der Waals surface area (Å²) in [6.45, 7) is 2.98. The molecule has 8 nitrogen and oxygen atoms in total. The molecule has 26 heavy (non-hydrogen) atoms. The second-order valence-corrected chi connectivity index (χ2v) is 7.87. The zero-order valence-corrected chi connectivity index (χ0v) is 15.0. The van der Waals surface area contributed by atoms with Crippen LogP contribution in [0.4, 0.5) is 5.82 Å². The second kappa shape index (κ2) is 6.75. The highest BCUT2D eigenvalue weighted by molar-refractivity contribution is 7.85. The van der Waals surface area contributed by atoms with Crippen molar-refractivity contribution in [2.24, 2.45) is 0 Å². The van der Waals surface area contributed by atoms with E-state index >= 15 is 0 Å². The SMILES string of the molecule is O=S(=O)(O)CCN1C=C(N2CCOCC2)N[n+]2ccc3ccccc3c21. The van der Waals surface area contributed by atoms with Gasteiger partial charge in [0.2, 0.25) is 0 Å². The predicted octanol–water partition coefficient (Wildman–Crippen LogP) is 0.510. The van der Waals surface area contributed by atoms with E-state index in [1.165, 1.54) is 0 Å². The van der Waals surface area contributed by atoms with Gasteiger partial charge in [0.25, 0.3) is 10.1 Å². The molecule has 0 spiro atoms. The Morgan fingerprint density at radius 3 is 2.73 bits per heavy atom. The third-order valence-corrected chi connectivity index (χ3v) is 5.26. The summed E-state index contributed by atoms with van der Waals surface area (Å²) in [5, 5.41) is 2.05. The molecule has 0 bridgehead atoms. The van der Waals surface area contributed by atoms with E-state index in [9.17, 15) is 13.0 Å². The molecule has 4 rings (SSSR count). The van der Waals surface area contributed by atoms with Gasteiger partial charge in [-0.3, -0.25) is 4.55 Å². The quantitative estimate of drug-likeness (QED) is 0.593. The fourth-order valence-electron chi connectivity index (χ4n) is 3.29. The summed E-state index contributed by atoms with van der Waals surface area (Å²) in [7, 11) is -4.06. The van der Waals surface area contributed by atoms with Crippen molar-refractivity contribution in [3.8, 4) is 0 Å². The highest BCUT2D eigenvalue weighted by atomic mass is 32.2. The van der Waals surface area contributed by atoms with Crippen LogP contribution >= 0.6 is 0 Å². The molecule has 2 N–H and O–H groups in total. The van der Waals surface area contributed by atoms with Gasteiger partial charge in [-0.05, 0) is 17.5 Å². The molecule has 1 saturated heterocycles. The van der Waals surface area contributed by atoms with Gasteiger partial charge >= 0.3 is 5.82 Å². The summed E-state index contributed by atoms with van der Waals surface area (Å²) in [6.07, 6.45) is 3.82. The summed E-state index contributed by atoms with van der Waals surface area (Å²) >= 11 is 0. The molecule has 0 unspecified atom stereocenters. The minimum Gasteiger partial charge on any atom is -0.378 e. The lowest BCUT2D eigenvalue weighted by Gasteiger charge is -2.33. The Morgan fingerprint density at radius 2 is 1.96 bits per heavy atom. The van der Waals surface area contributed by atoms with E-state index in [-0.39, 0.29) is 12.3 Å². The van der Waals surface area contributed by atoms with Crippen molar-refractivity contribution < 1.29 is 22.4 Å². The van der Waals surface area contributed by atoms with Gasteiger partial charge in [-0.15, -0.1) is 4.68 Å². The van der Waals surface area contributed by atoms with Crippen molar-refractivity contribution in [2.75, 3.05) is 48.9 Å². The fraction of sp³-hybridized carbons (Fsp3) is 0.353. The smallest absolute Gasteiger partial charge is 0.313 e. The van der Waals surface area contributed by atoms with Gasteiger partial charge in [0.1, 0.15) is 24.7 Å². The number of fused-ring (bicyclic) bond motifs is 3. The van der Waals surface area contributed by atoms with Crippen LogP contribution in [-0.4, -0.2) is 56.5 Å². The molecule has 9 heteroatoms. The third-order valence-electron chi connectivity index (χ3n) is 4.56. The van der Waals surface area contributed by atoms with E-state index < -0.39 is 10.1 Å². The number of nitrogens with one attached hydrogen (secondary N) is 1. The van der Waals surface area contributed by atoms with Gasteiger partial charge in [0.05, 0.1) is 18.6 Å². The minimum absolute atomic E-state index is 0.155. The first-order chi connectivity index (χ1) is 12.5. The first-order valence-corrected chi connectivity index (χ1v) is 10.1. The van der Waals surface area contributed by atoms with Crippen LogP contribution < -0.4 is 15.0 Å². The summed E-state index contributed by atoms with van der Waals surface area (Å²) < 4.78 is 39.1. The Hall–Kier alpha value is -2.36. The van der Waals surface area contributed by atoms with E-state index in [0.717, 1.165) is 35.5 Å². The molecule has 1 aromatic carbocycles. The first-order valence-electron chi connectivity index (χ1n) is 8.48. The summed E-state index contributed by atoms with van der Waals surface area (Å²) in [5.41, 5.74) is 3.38. The maximum Gasteiger partial charge on any atom is 0.313 e. The van der Waals surface area contributed by atoms with Gasteiger partial charge in [0, 0.05) is 13.1 Å². The second-order valence-electron chi connectivity index (χ2n) is 6.30. The minimum atomic E-state index is -4.06. The molecule has 2 aliphatic heterocycles. The number of morpholine rings is 1. The molecule has 0 radical (unpaired) electrons. The van der Waals surface area contributed by atoms with Crippen LogP contribution in [0.1, 0.15) is 0 Å². The van der Waals surface area contributed by atoms with Crippen molar-refractivity contribution in [3.63, 3.8) is 0 Å². The van der Waals surface area contributed by atoms with Crippen LogP contribution in [0.15, 0.2) is 48.5 Å². The van der Waals surface area contributed by atoms with E-state index in [1.54, 1.807) is 0 Å². The van der Waals surface area contributed by atoms with Crippen LogP contribution in [0.3, 0.4) is 0 Å². The van der Waals surface area contributed by atoms with Crippen LogP contribution in [0, 0.1) is 0 Å². The molecule has 0 amide bonds. The lowest BCUT2D eigenvalue weighted by molar-refractivity contribution is -0.634. The predicted molar refractivity (Wildman–Crippen MR) is 97.7 cm³/mol. The topological polar surface area (TPSA) is 86.0 Å². The largest absolute Gasteiger partial charge is 0.378 e. The molecule has 138 valence electrons. The summed E-state index contributed by atoms with van der Waals surface area (Å²) in [5.74, 6) is 1.36. The molecule has 3 heterocycles. The molecular formula is C17H21N4O4S+. The number of benzene rings is 1. The Bertz CT molecular complexity index is 954. The molecule has 2 aromatic rings. The maximum absolute atomic E-state index is 11.3. The van der Waals surface area contributed by atoms with Gasteiger partial charge in [-0.2, -0.15) is 8.42 Å². The van der Waals surface area contributed by atoms with Gasteiger partial charge in [-0.25, -0.2) is 10.3 Å². The Labute approximate surface area is 152 Å². The van der Waals surface area contributed by atoms with Crippen molar-refractivity contribution in [1.29, 1.82) is 0 Å². The molecule has 1 aromatic heterocycles. The molecule has 0 atom stereocenters. The highest BCUT2D eigenvalue weighted by Crippen LogP contribution is 2.26. The van der Waals surface area contributed by atoms with Gasteiger partial charge < -0.3 is 9.64 Å². The Balaban J connectivity index is 1.76. The molecular weight excluding hydrogens is 356 g/mol. The lowest BCUT2D eigenvalue weighted by atomic mass is 10.1. The summed E-state index contributed by atoms with van der Waals surface area (Å²) in [6, 6.07) is 9.93. The van der Waals surface area contributed by atoms with Gasteiger partial charge in [-0.1, -0.05) is 18.2 Å².